The Labute approximate surface area is 134 Å². The van der Waals surface area contributed by atoms with Crippen molar-refractivity contribution in [1.29, 1.82) is 0 Å². The molecule has 0 unspecified atom stereocenters. The average Bonchev–Trinajstić information content (AvgIpc) is 2.48. The van der Waals surface area contributed by atoms with E-state index in [9.17, 15) is 4.79 Å². The molecule has 1 aliphatic heterocycles. The number of esters is 1. The Bertz CT molecular complexity index is 510. The van der Waals surface area contributed by atoms with E-state index in [1.165, 1.54) is 0 Å². The summed E-state index contributed by atoms with van der Waals surface area (Å²) in [6.07, 6.45) is 2.17. The van der Waals surface area contributed by atoms with E-state index in [-0.39, 0.29) is 5.97 Å². The molecule has 0 aromatic heterocycles. The molecule has 1 heterocycles. The van der Waals surface area contributed by atoms with Crippen LogP contribution in [-0.2, 0) is 4.74 Å². The lowest BCUT2D eigenvalue weighted by atomic mass is 9.83. The summed E-state index contributed by atoms with van der Waals surface area (Å²) in [5.41, 5.74) is 0.0539. The van der Waals surface area contributed by atoms with Gasteiger partial charge in [-0.05, 0) is 48.0 Å². The second-order valence-corrected chi connectivity index (χ2v) is 6.83. The molecular formula is C16H23BrNO3+. The first kappa shape index (κ1) is 16.3. The van der Waals surface area contributed by atoms with Gasteiger partial charge in [-0.15, -0.1) is 0 Å². The van der Waals surface area contributed by atoms with Crippen LogP contribution in [0, 0.1) is 5.92 Å². The van der Waals surface area contributed by atoms with Gasteiger partial charge in [0, 0.05) is 23.2 Å². The van der Waals surface area contributed by atoms with Crippen LogP contribution in [0.2, 0.25) is 0 Å². The maximum Gasteiger partial charge on any atom is 0.339 e. The molecule has 0 saturated carbocycles. The number of carbonyl (C=O) groups is 1. The Morgan fingerprint density at radius 1 is 1.33 bits per heavy atom. The zero-order chi connectivity index (χ0) is 15.5. The third-order valence-corrected chi connectivity index (χ3v) is 4.86. The predicted octanol–water partition coefficient (Wildman–Crippen LogP) is 2.37. The van der Waals surface area contributed by atoms with Crippen LogP contribution in [0.1, 0.15) is 37.0 Å². The molecule has 2 N–H and O–H groups in total. The second-order valence-electron chi connectivity index (χ2n) is 5.98. The molecule has 0 bridgehead atoms. The van der Waals surface area contributed by atoms with Crippen molar-refractivity contribution in [3.63, 3.8) is 0 Å². The van der Waals surface area contributed by atoms with Gasteiger partial charge < -0.3 is 14.8 Å². The van der Waals surface area contributed by atoms with Crippen molar-refractivity contribution in [2.75, 3.05) is 20.2 Å². The summed E-state index contributed by atoms with van der Waals surface area (Å²) in [5.74, 6) is 0.756. The van der Waals surface area contributed by atoms with E-state index >= 15 is 0 Å². The maximum atomic E-state index is 12.5. The van der Waals surface area contributed by atoms with E-state index in [2.05, 4.69) is 21.2 Å². The van der Waals surface area contributed by atoms with Gasteiger partial charge in [0.15, 0.2) is 0 Å². The Morgan fingerprint density at radius 2 is 2.00 bits per heavy atom. The van der Waals surface area contributed by atoms with Gasteiger partial charge in [-0.2, -0.15) is 0 Å². The summed E-state index contributed by atoms with van der Waals surface area (Å²) in [5, 5.41) is 2.31. The number of ether oxygens (including phenoxy) is 2. The normalized spacial score (nSPS) is 16.6. The van der Waals surface area contributed by atoms with Gasteiger partial charge in [-0.3, -0.25) is 0 Å². The summed E-state index contributed by atoms with van der Waals surface area (Å²) >= 11 is 3.40. The molecule has 1 aliphatic rings. The van der Waals surface area contributed by atoms with E-state index in [0.717, 1.165) is 30.4 Å². The van der Waals surface area contributed by atoms with Gasteiger partial charge in [-0.1, -0.05) is 0 Å². The molecule has 116 valence electrons. The van der Waals surface area contributed by atoms with Crippen molar-refractivity contribution < 1.29 is 19.6 Å². The summed E-state index contributed by atoms with van der Waals surface area (Å²) < 4.78 is 11.7. The van der Waals surface area contributed by atoms with Crippen LogP contribution >= 0.6 is 15.9 Å². The highest BCUT2D eigenvalue weighted by molar-refractivity contribution is 9.10. The lowest BCUT2D eigenvalue weighted by Gasteiger charge is -2.35. The zero-order valence-corrected chi connectivity index (χ0v) is 14.4. The van der Waals surface area contributed by atoms with Gasteiger partial charge >= 0.3 is 5.97 Å². The highest BCUT2D eigenvalue weighted by Crippen LogP contribution is 2.30. The van der Waals surface area contributed by atoms with Gasteiger partial charge in [0.1, 0.15) is 11.4 Å². The Kier molecular flexibility index (Phi) is 5.27. The van der Waals surface area contributed by atoms with Crippen LogP contribution in [0.3, 0.4) is 0 Å². The molecular weight excluding hydrogens is 334 g/mol. The first-order chi connectivity index (χ1) is 9.94. The largest absolute Gasteiger partial charge is 0.497 e. The van der Waals surface area contributed by atoms with Crippen molar-refractivity contribution in [2.45, 2.75) is 32.3 Å². The van der Waals surface area contributed by atoms with Crippen LogP contribution < -0.4 is 10.1 Å². The molecule has 2 rings (SSSR count). The smallest absolute Gasteiger partial charge is 0.339 e. The van der Waals surface area contributed by atoms with Crippen molar-refractivity contribution in [3.05, 3.63) is 28.2 Å². The number of rotatable bonds is 4. The summed E-state index contributed by atoms with van der Waals surface area (Å²) in [6, 6.07) is 5.32. The molecule has 1 saturated heterocycles. The Hall–Kier alpha value is -1.07. The fourth-order valence-corrected chi connectivity index (χ4v) is 3.20. The number of benzene rings is 1. The quantitative estimate of drug-likeness (QED) is 0.842. The summed E-state index contributed by atoms with van der Waals surface area (Å²) in [6.45, 7) is 6.23. The fraction of sp³-hybridized carbons (Fsp3) is 0.562. The number of quaternary nitrogens is 1. The van der Waals surface area contributed by atoms with Crippen LogP contribution in [-0.4, -0.2) is 31.8 Å². The monoisotopic (exact) mass is 356 g/mol. The minimum atomic E-state index is -0.451. The maximum absolute atomic E-state index is 12.5. The number of hydrogen-bond acceptors (Lipinski definition) is 3. The molecule has 5 heteroatoms. The molecule has 0 atom stereocenters. The molecule has 0 amide bonds. The Balaban J connectivity index is 2.12. The number of halogens is 1. The molecule has 21 heavy (non-hydrogen) atoms. The van der Waals surface area contributed by atoms with E-state index in [1.807, 2.05) is 19.9 Å². The van der Waals surface area contributed by atoms with E-state index in [1.54, 1.807) is 19.2 Å². The third-order valence-electron chi connectivity index (χ3n) is 4.17. The first-order valence-corrected chi connectivity index (χ1v) is 8.12. The lowest BCUT2D eigenvalue weighted by molar-refractivity contribution is -0.665. The molecule has 0 aliphatic carbocycles. The predicted molar refractivity (Wildman–Crippen MR) is 84.6 cm³/mol. The van der Waals surface area contributed by atoms with Crippen LogP contribution in [0.25, 0.3) is 0 Å². The number of piperidine rings is 1. The highest BCUT2D eigenvalue weighted by atomic mass is 79.9. The molecule has 0 radical (unpaired) electrons. The van der Waals surface area contributed by atoms with Crippen molar-refractivity contribution in [3.8, 4) is 5.75 Å². The second kappa shape index (κ2) is 6.79. The SMILES string of the molecule is COc1ccc(Br)c(C(=O)OC(C)(C)C2CC[NH2+]CC2)c1. The molecule has 1 aromatic rings. The average molecular weight is 357 g/mol. The van der Waals surface area contributed by atoms with E-state index < -0.39 is 5.60 Å². The van der Waals surface area contributed by atoms with Gasteiger partial charge in [-0.25, -0.2) is 4.79 Å². The molecule has 1 fully saturated rings. The number of carbonyl (C=O) groups excluding carboxylic acids is 1. The van der Waals surface area contributed by atoms with Crippen molar-refractivity contribution in [1.82, 2.24) is 0 Å². The van der Waals surface area contributed by atoms with Crippen LogP contribution in [0.5, 0.6) is 5.75 Å². The molecule has 4 nitrogen and oxygen atoms in total. The third kappa shape index (κ3) is 3.98. The first-order valence-electron chi connectivity index (χ1n) is 7.32. The van der Waals surface area contributed by atoms with E-state index in [4.69, 9.17) is 9.47 Å². The summed E-state index contributed by atoms with van der Waals surface area (Å²) in [7, 11) is 1.58. The number of methoxy groups -OCH3 is 1. The van der Waals surface area contributed by atoms with Crippen molar-refractivity contribution >= 4 is 21.9 Å². The Morgan fingerprint density at radius 3 is 2.62 bits per heavy atom. The zero-order valence-electron chi connectivity index (χ0n) is 12.8. The number of nitrogens with two attached hydrogens (primary N) is 1. The molecule has 0 spiro atoms. The van der Waals surface area contributed by atoms with Gasteiger partial charge in [0.05, 0.1) is 25.8 Å². The standard InChI is InChI=1S/C16H22BrNO3/c1-16(2,11-6-8-18-9-7-11)21-15(19)13-10-12(20-3)4-5-14(13)17/h4-5,10-11,18H,6-9H2,1-3H3/p+1. The number of hydrogen-bond donors (Lipinski definition) is 1. The fourth-order valence-electron chi connectivity index (χ4n) is 2.79. The minimum absolute atomic E-state index is 0.305. The van der Waals surface area contributed by atoms with Crippen LogP contribution in [0.15, 0.2) is 22.7 Å². The topological polar surface area (TPSA) is 52.1 Å². The van der Waals surface area contributed by atoms with Gasteiger partial charge in [0.25, 0.3) is 0 Å². The van der Waals surface area contributed by atoms with Crippen molar-refractivity contribution in [2.24, 2.45) is 5.92 Å². The van der Waals surface area contributed by atoms with Crippen LogP contribution in [0.4, 0.5) is 0 Å². The lowest BCUT2D eigenvalue weighted by Crippen LogP contribution is -2.86. The summed E-state index contributed by atoms with van der Waals surface area (Å²) in [4.78, 5) is 12.5. The van der Waals surface area contributed by atoms with Gasteiger partial charge in [0.2, 0.25) is 0 Å². The minimum Gasteiger partial charge on any atom is -0.497 e. The molecule has 1 aromatic carbocycles. The highest BCUT2D eigenvalue weighted by Gasteiger charge is 2.35. The van der Waals surface area contributed by atoms with E-state index in [0.29, 0.717) is 17.2 Å².